The van der Waals surface area contributed by atoms with Crippen molar-refractivity contribution in [3.63, 3.8) is 0 Å². The molecule has 8 bridgehead atoms. The first kappa shape index (κ1) is 16.9. The van der Waals surface area contributed by atoms with E-state index in [-0.39, 0.29) is 5.22 Å². The molecule has 0 amide bonds. The Labute approximate surface area is 164 Å². The molecule has 0 spiro atoms. The molecule has 5 heterocycles. The Morgan fingerprint density at radius 1 is 0.724 bits per heavy atom. The molecule has 4 aliphatic heterocycles. The number of nitrogens with zero attached hydrogens (tertiary/aromatic N) is 3. The van der Waals surface area contributed by atoms with Crippen LogP contribution in [-0.4, -0.2) is 38.3 Å². The molecule has 0 saturated carbocycles. The fraction of sp³-hybridized carbons (Fsp3) is 0. The van der Waals surface area contributed by atoms with Crippen molar-refractivity contribution in [3.8, 4) is 0 Å². The predicted molar refractivity (Wildman–Crippen MR) is 112 cm³/mol. The second-order valence-electron chi connectivity index (χ2n) is 6.67. The third-order valence-corrected chi connectivity index (χ3v) is 4.56. The SMILES string of the molecule is O=C(O)C(O)=c1cc2[nH]c1=CC1=NC(=CC3=NC(=CC4=NC(=C2)C=C4)C=C3)C=C1. The lowest BCUT2D eigenvalue weighted by Crippen LogP contribution is -2.28. The Hall–Kier alpha value is -4.26. The summed E-state index contributed by atoms with van der Waals surface area (Å²) >= 11 is 0. The maximum Gasteiger partial charge on any atom is 0.371 e. The van der Waals surface area contributed by atoms with Crippen LogP contribution in [0.1, 0.15) is 5.69 Å². The summed E-state index contributed by atoms with van der Waals surface area (Å²) in [6, 6.07) is 1.58. The number of aromatic amines is 1. The van der Waals surface area contributed by atoms with E-state index in [1.807, 2.05) is 48.6 Å². The smallest absolute Gasteiger partial charge is 0.371 e. The van der Waals surface area contributed by atoms with Crippen LogP contribution in [0, 0.1) is 0 Å². The monoisotopic (exact) mass is 382 g/mol. The maximum absolute atomic E-state index is 11.3. The number of H-pyrrole nitrogens is 1. The van der Waals surface area contributed by atoms with Gasteiger partial charge in [-0.2, -0.15) is 0 Å². The highest BCUT2D eigenvalue weighted by Gasteiger charge is 2.12. The minimum atomic E-state index is -1.40. The molecule has 0 atom stereocenters. The normalized spacial score (nSPS) is 19.7. The van der Waals surface area contributed by atoms with Crippen LogP contribution in [0.15, 0.2) is 86.7 Å². The number of carboxylic acid groups (broad SMARTS) is 1. The van der Waals surface area contributed by atoms with Gasteiger partial charge in [0, 0.05) is 10.9 Å². The third kappa shape index (κ3) is 3.25. The first-order chi connectivity index (χ1) is 14.0. The quantitative estimate of drug-likeness (QED) is 0.687. The van der Waals surface area contributed by atoms with Gasteiger partial charge in [-0.05, 0) is 66.8 Å². The number of carbonyl (C=O) groups is 1. The Kier molecular flexibility index (Phi) is 3.74. The van der Waals surface area contributed by atoms with E-state index in [9.17, 15) is 15.0 Å². The maximum atomic E-state index is 11.3. The number of aromatic nitrogens is 1. The number of fused-ring (bicyclic) bond motifs is 5. The predicted octanol–water partition coefficient (Wildman–Crippen LogP) is 1.70. The number of rotatable bonds is 1. The molecule has 1 aromatic heterocycles. The molecule has 4 aliphatic rings. The van der Waals surface area contributed by atoms with Gasteiger partial charge in [0.2, 0.25) is 5.76 Å². The van der Waals surface area contributed by atoms with Crippen LogP contribution in [-0.2, 0) is 4.79 Å². The van der Waals surface area contributed by atoms with Gasteiger partial charge in [-0.15, -0.1) is 0 Å². The summed E-state index contributed by atoms with van der Waals surface area (Å²) in [4.78, 5) is 28.0. The summed E-state index contributed by atoms with van der Waals surface area (Å²) in [5, 5.41) is 19.9. The van der Waals surface area contributed by atoms with Crippen molar-refractivity contribution < 1.29 is 15.0 Å². The number of aliphatic carboxylic acids is 1. The minimum absolute atomic E-state index is 0.182. The van der Waals surface area contributed by atoms with Crippen molar-refractivity contribution in [2.24, 2.45) is 15.0 Å². The van der Waals surface area contributed by atoms with Crippen LogP contribution in [0.5, 0.6) is 0 Å². The molecule has 0 unspecified atom stereocenters. The summed E-state index contributed by atoms with van der Waals surface area (Å²) < 4.78 is 0. The largest absolute Gasteiger partial charge is 0.501 e. The van der Waals surface area contributed by atoms with E-state index in [2.05, 4.69) is 20.0 Å². The van der Waals surface area contributed by atoms with Crippen molar-refractivity contribution >= 4 is 41.0 Å². The lowest BCUT2D eigenvalue weighted by Gasteiger charge is -1.93. The fourth-order valence-electron chi connectivity index (χ4n) is 3.27. The number of hydrogen-bond donors (Lipinski definition) is 3. The van der Waals surface area contributed by atoms with E-state index in [4.69, 9.17) is 0 Å². The van der Waals surface area contributed by atoms with E-state index in [1.165, 1.54) is 0 Å². The standard InChI is InChI=1S/C22H14N4O3/c27-21(22(28)29)19-10-18-9-16-4-3-14(24-16)7-12-1-2-13(23-12)8-15-5-6-17(25-15)11-20(19)26-18/h1-11,26-27H,(H,28,29). The molecule has 1 aromatic rings. The fourth-order valence-corrected chi connectivity index (χ4v) is 3.27. The first-order valence-corrected chi connectivity index (χ1v) is 8.86. The van der Waals surface area contributed by atoms with E-state index >= 15 is 0 Å². The number of carboxylic acids is 1. The molecule has 140 valence electrons. The van der Waals surface area contributed by atoms with E-state index in [0.29, 0.717) is 22.5 Å². The molecule has 3 N–H and O–H groups in total. The third-order valence-electron chi connectivity index (χ3n) is 4.56. The summed E-state index contributed by atoms with van der Waals surface area (Å²) in [6.45, 7) is 0. The highest BCUT2D eigenvalue weighted by molar-refractivity contribution is 6.20. The average Bonchev–Trinajstić information content (AvgIpc) is 3.45. The average molecular weight is 382 g/mol. The molecule has 7 nitrogen and oxygen atoms in total. The van der Waals surface area contributed by atoms with E-state index in [0.717, 1.165) is 22.8 Å². The number of aliphatic hydroxyl groups is 1. The van der Waals surface area contributed by atoms with Crippen LogP contribution >= 0.6 is 0 Å². The molecule has 0 fully saturated rings. The lowest BCUT2D eigenvalue weighted by atomic mass is 10.2. The molecular formula is C22H14N4O3. The molecular weight excluding hydrogens is 368 g/mol. The van der Waals surface area contributed by atoms with Crippen LogP contribution in [0.25, 0.3) is 17.9 Å². The Morgan fingerprint density at radius 2 is 1.24 bits per heavy atom. The van der Waals surface area contributed by atoms with Crippen molar-refractivity contribution in [1.82, 2.24) is 4.98 Å². The zero-order valence-corrected chi connectivity index (χ0v) is 15.0. The Bertz CT molecular complexity index is 1370. The Balaban J connectivity index is 1.76. The minimum Gasteiger partial charge on any atom is -0.501 e. The van der Waals surface area contributed by atoms with Crippen LogP contribution in [0.2, 0.25) is 0 Å². The van der Waals surface area contributed by atoms with E-state index in [1.54, 1.807) is 18.2 Å². The van der Waals surface area contributed by atoms with Crippen LogP contribution in [0.3, 0.4) is 0 Å². The zero-order chi connectivity index (χ0) is 20.0. The van der Waals surface area contributed by atoms with Gasteiger partial charge < -0.3 is 15.2 Å². The van der Waals surface area contributed by atoms with E-state index < -0.39 is 11.7 Å². The molecule has 7 heteroatoms. The molecule has 0 aromatic carbocycles. The molecule has 0 radical (unpaired) electrons. The van der Waals surface area contributed by atoms with Crippen LogP contribution < -0.4 is 10.6 Å². The van der Waals surface area contributed by atoms with Gasteiger partial charge in [0.25, 0.3) is 0 Å². The zero-order valence-electron chi connectivity index (χ0n) is 15.0. The topological polar surface area (TPSA) is 110 Å². The number of hydrogen-bond acceptors (Lipinski definition) is 5. The second-order valence-corrected chi connectivity index (χ2v) is 6.67. The lowest BCUT2D eigenvalue weighted by molar-refractivity contribution is -0.132. The van der Waals surface area contributed by atoms with Crippen molar-refractivity contribution in [2.45, 2.75) is 0 Å². The molecule has 0 aliphatic carbocycles. The van der Waals surface area contributed by atoms with Crippen molar-refractivity contribution in [2.75, 3.05) is 0 Å². The van der Waals surface area contributed by atoms with Crippen LogP contribution in [0.4, 0.5) is 0 Å². The number of nitrogens with one attached hydrogen (secondary N) is 1. The number of aliphatic imine (C=N–C) groups is 3. The summed E-state index contributed by atoms with van der Waals surface area (Å²) in [5.41, 5.74) is 5.02. The highest BCUT2D eigenvalue weighted by atomic mass is 16.4. The molecule has 5 rings (SSSR count). The summed E-state index contributed by atoms with van der Waals surface area (Å²) in [5.74, 6) is -2.14. The van der Waals surface area contributed by atoms with Gasteiger partial charge in [0.1, 0.15) is 0 Å². The van der Waals surface area contributed by atoms with Gasteiger partial charge in [-0.1, -0.05) is 0 Å². The summed E-state index contributed by atoms with van der Waals surface area (Å²) in [6.07, 6.45) is 18.4. The van der Waals surface area contributed by atoms with Crippen molar-refractivity contribution in [1.29, 1.82) is 0 Å². The van der Waals surface area contributed by atoms with Gasteiger partial charge in [-0.3, -0.25) is 0 Å². The molecule has 29 heavy (non-hydrogen) atoms. The number of aliphatic hydroxyl groups excluding tert-OH is 1. The first-order valence-electron chi connectivity index (χ1n) is 8.86. The number of allylic oxidation sites excluding steroid dienone is 8. The summed E-state index contributed by atoms with van der Waals surface area (Å²) in [7, 11) is 0. The van der Waals surface area contributed by atoms with Crippen molar-refractivity contribution in [3.05, 3.63) is 88.0 Å². The second kappa shape index (κ2) is 6.42. The van der Waals surface area contributed by atoms with Gasteiger partial charge in [0.15, 0.2) is 0 Å². The van der Waals surface area contributed by atoms with Gasteiger partial charge in [-0.25, -0.2) is 19.8 Å². The molecule has 0 saturated heterocycles. The van der Waals surface area contributed by atoms with Gasteiger partial charge >= 0.3 is 5.97 Å². The Morgan fingerprint density at radius 3 is 1.79 bits per heavy atom. The van der Waals surface area contributed by atoms with Gasteiger partial charge in [0.05, 0.1) is 39.6 Å². The highest BCUT2D eigenvalue weighted by Crippen LogP contribution is 2.18.